The summed E-state index contributed by atoms with van der Waals surface area (Å²) in [5.41, 5.74) is 6.30. The fourth-order valence-corrected chi connectivity index (χ4v) is 5.72. The van der Waals surface area contributed by atoms with Gasteiger partial charge in [0, 0.05) is 17.0 Å². The number of thiophene rings is 1. The summed E-state index contributed by atoms with van der Waals surface area (Å²) in [6.07, 6.45) is 4.47. The van der Waals surface area contributed by atoms with Crippen molar-refractivity contribution >= 4 is 69.1 Å². The molecule has 0 aliphatic heterocycles. The minimum atomic E-state index is -1.09. The lowest BCUT2D eigenvalue weighted by molar-refractivity contribution is -0.384. The Morgan fingerprint density at radius 3 is 2.69 bits per heavy atom. The number of nitrogens with one attached hydrogen (secondary N) is 2. The normalized spacial score (nSPS) is 12.9. The zero-order valence-electron chi connectivity index (χ0n) is 19.1. The van der Waals surface area contributed by atoms with Crippen LogP contribution in [0.1, 0.15) is 44.0 Å². The van der Waals surface area contributed by atoms with Gasteiger partial charge < -0.3 is 21.1 Å². The van der Waals surface area contributed by atoms with E-state index in [1.807, 2.05) is 6.26 Å². The number of nitro benzene ring substituents is 1. The number of esters is 1. The quantitative estimate of drug-likeness (QED) is 0.216. The van der Waals surface area contributed by atoms with Crippen molar-refractivity contribution in [2.45, 2.75) is 31.7 Å². The summed E-state index contributed by atoms with van der Waals surface area (Å²) in [5, 5.41) is 16.2. The molecule has 0 unspecified atom stereocenters. The van der Waals surface area contributed by atoms with E-state index in [1.165, 1.54) is 29.2 Å². The zero-order valence-corrected chi connectivity index (χ0v) is 21.5. The molecule has 14 heteroatoms. The number of amides is 3. The van der Waals surface area contributed by atoms with Crippen LogP contribution in [0.2, 0.25) is 5.02 Å². The SMILES string of the molecule is CSCC[C@H](NC(=O)c1ccc([N+](=O)[O-])cc1Cl)C(=O)OCC(=O)Nc1sc2c(c1C(N)=O)CCC2. The molecule has 192 valence electrons. The number of hydrogen-bond acceptors (Lipinski definition) is 9. The van der Waals surface area contributed by atoms with E-state index >= 15 is 0 Å². The lowest BCUT2D eigenvalue weighted by Gasteiger charge is -2.17. The second-order valence-corrected chi connectivity index (χ2v) is 10.3. The van der Waals surface area contributed by atoms with Crippen LogP contribution < -0.4 is 16.4 Å². The van der Waals surface area contributed by atoms with Crippen molar-refractivity contribution in [2.24, 2.45) is 5.73 Å². The standard InChI is InChI=1S/C22H23ClN4O7S2/c1-35-8-7-15(25-20(30)12-6-5-11(27(32)33)9-14(12)23)22(31)34-10-17(28)26-21-18(19(24)29)13-3-2-4-16(13)36-21/h5-6,9,15H,2-4,7-8,10H2,1H3,(H2,24,29)(H,25,30)(H,26,28)/t15-/m0/s1. The van der Waals surface area contributed by atoms with Crippen molar-refractivity contribution < 1.29 is 28.8 Å². The van der Waals surface area contributed by atoms with E-state index in [2.05, 4.69) is 10.6 Å². The van der Waals surface area contributed by atoms with E-state index in [9.17, 15) is 29.3 Å². The van der Waals surface area contributed by atoms with E-state index in [4.69, 9.17) is 22.1 Å². The fraction of sp³-hybridized carbons (Fsp3) is 0.364. The average Bonchev–Trinajstić information content (AvgIpc) is 3.40. The van der Waals surface area contributed by atoms with E-state index in [0.29, 0.717) is 17.2 Å². The van der Waals surface area contributed by atoms with Gasteiger partial charge in [-0.2, -0.15) is 11.8 Å². The summed E-state index contributed by atoms with van der Waals surface area (Å²) in [6.45, 7) is -0.635. The summed E-state index contributed by atoms with van der Waals surface area (Å²) in [4.78, 5) is 60.9. The van der Waals surface area contributed by atoms with Gasteiger partial charge in [-0.1, -0.05) is 11.6 Å². The van der Waals surface area contributed by atoms with Crippen LogP contribution in [0.25, 0.3) is 0 Å². The van der Waals surface area contributed by atoms with Crippen molar-refractivity contribution in [3.05, 3.63) is 54.9 Å². The van der Waals surface area contributed by atoms with E-state index in [1.54, 1.807) is 0 Å². The number of rotatable bonds is 11. The van der Waals surface area contributed by atoms with Crippen LogP contribution in [0.4, 0.5) is 10.7 Å². The molecule has 0 fully saturated rings. The van der Waals surface area contributed by atoms with Gasteiger partial charge in [-0.25, -0.2) is 4.79 Å². The number of anilines is 1. The number of ether oxygens (including phenoxy) is 1. The highest BCUT2D eigenvalue weighted by Crippen LogP contribution is 2.38. The molecule has 0 bridgehead atoms. The van der Waals surface area contributed by atoms with Gasteiger partial charge in [0.15, 0.2) is 6.61 Å². The first-order valence-electron chi connectivity index (χ1n) is 10.8. The van der Waals surface area contributed by atoms with Crippen LogP contribution in [-0.2, 0) is 27.2 Å². The third-order valence-corrected chi connectivity index (χ3v) is 7.54. The Morgan fingerprint density at radius 2 is 2.06 bits per heavy atom. The van der Waals surface area contributed by atoms with Gasteiger partial charge in [0.25, 0.3) is 23.4 Å². The van der Waals surface area contributed by atoms with Crippen LogP contribution in [0.3, 0.4) is 0 Å². The molecule has 0 saturated heterocycles. The number of aryl methyl sites for hydroxylation is 1. The Kier molecular flexibility index (Phi) is 9.29. The average molecular weight is 555 g/mol. The molecule has 1 heterocycles. The lowest BCUT2D eigenvalue weighted by Crippen LogP contribution is -2.43. The van der Waals surface area contributed by atoms with Crippen molar-refractivity contribution in [3.8, 4) is 0 Å². The van der Waals surface area contributed by atoms with E-state index in [0.717, 1.165) is 35.4 Å². The van der Waals surface area contributed by atoms with Gasteiger partial charge in [0.1, 0.15) is 11.0 Å². The molecule has 0 saturated carbocycles. The first kappa shape index (κ1) is 27.4. The summed E-state index contributed by atoms with van der Waals surface area (Å²) in [5.74, 6) is -2.34. The molecule has 11 nitrogen and oxygen atoms in total. The number of non-ortho nitro benzene ring substituents is 1. The topological polar surface area (TPSA) is 171 Å². The maximum Gasteiger partial charge on any atom is 0.329 e. The summed E-state index contributed by atoms with van der Waals surface area (Å²) in [6, 6.07) is 2.27. The largest absolute Gasteiger partial charge is 0.454 e. The van der Waals surface area contributed by atoms with E-state index in [-0.39, 0.29) is 28.3 Å². The highest BCUT2D eigenvalue weighted by Gasteiger charge is 2.28. The van der Waals surface area contributed by atoms with Crippen LogP contribution in [0, 0.1) is 10.1 Å². The van der Waals surface area contributed by atoms with Crippen LogP contribution in [0.15, 0.2) is 18.2 Å². The molecule has 3 amide bonds. The Morgan fingerprint density at radius 1 is 1.31 bits per heavy atom. The van der Waals surface area contributed by atoms with Gasteiger partial charge in [-0.05, 0) is 49.3 Å². The highest BCUT2D eigenvalue weighted by molar-refractivity contribution is 7.98. The molecule has 36 heavy (non-hydrogen) atoms. The first-order chi connectivity index (χ1) is 17.1. The van der Waals surface area contributed by atoms with Gasteiger partial charge >= 0.3 is 5.97 Å². The minimum Gasteiger partial charge on any atom is -0.454 e. The molecule has 1 aliphatic rings. The van der Waals surface area contributed by atoms with Crippen LogP contribution in [0.5, 0.6) is 0 Å². The van der Waals surface area contributed by atoms with E-state index < -0.39 is 41.3 Å². The summed E-state index contributed by atoms with van der Waals surface area (Å²) in [7, 11) is 0. The second-order valence-electron chi connectivity index (χ2n) is 7.81. The van der Waals surface area contributed by atoms with Crippen molar-refractivity contribution in [1.29, 1.82) is 0 Å². The van der Waals surface area contributed by atoms with Crippen LogP contribution in [-0.4, -0.2) is 53.3 Å². The molecule has 1 aromatic heterocycles. The number of nitrogens with zero attached hydrogens (tertiary/aromatic N) is 1. The number of carbonyl (C=O) groups is 4. The smallest absolute Gasteiger partial charge is 0.329 e. The fourth-order valence-electron chi connectivity index (χ4n) is 3.68. The Balaban J connectivity index is 1.63. The number of carbonyl (C=O) groups excluding carboxylic acids is 4. The predicted octanol–water partition coefficient (Wildman–Crippen LogP) is 2.93. The van der Waals surface area contributed by atoms with Crippen molar-refractivity contribution in [1.82, 2.24) is 5.32 Å². The zero-order chi connectivity index (χ0) is 26.4. The number of primary amides is 1. The van der Waals surface area contributed by atoms with Gasteiger partial charge in [0.05, 0.1) is 21.1 Å². The third-order valence-electron chi connectivity index (χ3n) is 5.37. The monoisotopic (exact) mass is 554 g/mol. The van der Waals surface area contributed by atoms with Crippen LogP contribution >= 0.6 is 34.7 Å². The molecular weight excluding hydrogens is 532 g/mol. The Bertz CT molecular complexity index is 1220. The first-order valence-corrected chi connectivity index (χ1v) is 13.4. The molecule has 0 radical (unpaired) electrons. The van der Waals surface area contributed by atoms with Crippen molar-refractivity contribution in [2.75, 3.05) is 23.9 Å². The number of nitrogens with two attached hydrogens (primary N) is 1. The summed E-state index contributed by atoms with van der Waals surface area (Å²) >= 11 is 8.73. The molecular formula is C22H23ClN4O7S2. The molecule has 4 N–H and O–H groups in total. The molecule has 3 rings (SSSR count). The minimum absolute atomic E-state index is 0.0494. The molecule has 1 aromatic carbocycles. The Hall–Kier alpha value is -3.16. The number of hydrogen-bond donors (Lipinski definition) is 3. The summed E-state index contributed by atoms with van der Waals surface area (Å²) < 4.78 is 5.12. The molecule has 1 atom stereocenters. The number of thioether (sulfide) groups is 1. The molecule has 2 aromatic rings. The Labute approximate surface area is 219 Å². The maximum atomic E-state index is 12.7. The molecule has 0 spiro atoms. The number of nitro groups is 1. The number of benzene rings is 1. The number of halogens is 1. The molecule has 1 aliphatic carbocycles. The second kappa shape index (κ2) is 12.2. The van der Waals surface area contributed by atoms with Gasteiger partial charge in [-0.15, -0.1) is 11.3 Å². The van der Waals surface area contributed by atoms with Gasteiger partial charge in [-0.3, -0.25) is 24.5 Å². The maximum absolute atomic E-state index is 12.7. The van der Waals surface area contributed by atoms with Gasteiger partial charge in [0.2, 0.25) is 0 Å². The highest BCUT2D eigenvalue weighted by atomic mass is 35.5. The number of fused-ring (bicyclic) bond motifs is 1. The lowest BCUT2D eigenvalue weighted by atomic mass is 10.1. The third kappa shape index (κ3) is 6.53. The van der Waals surface area contributed by atoms with Crippen molar-refractivity contribution in [3.63, 3.8) is 0 Å². The predicted molar refractivity (Wildman–Crippen MR) is 137 cm³/mol.